The van der Waals surface area contributed by atoms with Crippen LogP contribution in [-0.4, -0.2) is 34.6 Å². The molecule has 0 aliphatic rings. The van der Waals surface area contributed by atoms with Gasteiger partial charge in [-0.2, -0.15) is 0 Å². The van der Waals surface area contributed by atoms with Crippen molar-refractivity contribution < 1.29 is 31.5 Å². The van der Waals surface area contributed by atoms with Crippen molar-refractivity contribution >= 4 is 21.7 Å². The van der Waals surface area contributed by atoms with Crippen LogP contribution in [0, 0.1) is 11.6 Å². The van der Waals surface area contributed by atoms with E-state index < -0.39 is 39.9 Å². The van der Waals surface area contributed by atoms with Gasteiger partial charge in [-0.05, 0) is 43.3 Å². The molecule has 0 N–H and O–H groups in total. The van der Waals surface area contributed by atoms with E-state index >= 15 is 0 Å². The van der Waals surface area contributed by atoms with Gasteiger partial charge < -0.3 is 9.47 Å². The summed E-state index contributed by atoms with van der Waals surface area (Å²) in [5.41, 5.74) is -0.463. The summed E-state index contributed by atoms with van der Waals surface area (Å²) < 4.78 is 63.5. The van der Waals surface area contributed by atoms with Gasteiger partial charge in [0.2, 0.25) is 0 Å². The number of ether oxygens (including phenoxy) is 2. The van der Waals surface area contributed by atoms with Crippen molar-refractivity contribution in [3.05, 3.63) is 54.1 Å². The molecule has 0 unspecified atom stereocenters. The lowest BCUT2D eigenvalue weighted by Gasteiger charge is -2.24. The van der Waals surface area contributed by atoms with Crippen molar-refractivity contribution in [3.63, 3.8) is 0 Å². The highest BCUT2D eigenvalue weighted by atomic mass is 32.2. The minimum Gasteiger partial charge on any atom is -0.497 e. The lowest BCUT2D eigenvalue weighted by atomic mass is 10.3. The molecule has 0 saturated carbocycles. The van der Waals surface area contributed by atoms with Crippen LogP contribution in [-0.2, 0) is 19.6 Å². The van der Waals surface area contributed by atoms with Crippen molar-refractivity contribution in [2.45, 2.75) is 11.8 Å². The molecule has 26 heavy (non-hydrogen) atoms. The minimum absolute atomic E-state index is 0.0289. The Morgan fingerprint density at radius 1 is 1.12 bits per heavy atom. The minimum atomic E-state index is -4.31. The number of carbonyl (C=O) groups excluding carboxylic acids is 1. The molecule has 140 valence electrons. The third-order valence-electron chi connectivity index (χ3n) is 3.40. The van der Waals surface area contributed by atoms with Gasteiger partial charge in [-0.25, -0.2) is 17.2 Å². The number of rotatable bonds is 7. The molecule has 0 spiro atoms. The van der Waals surface area contributed by atoms with Crippen LogP contribution < -0.4 is 9.04 Å². The van der Waals surface area contributed by atoms with E-state index in [9.17, 15) is 22.0 Å². The predicted octanol–water partition coefficient (Wildman–Crippen LogP) is 2.73. The molecule has 0 radical (unpaired) electrons. The standard InChI is InChI=1S/C17H17F2NO5S/c1-3-25-17(21)11-20(16-9-4-12(18)10-15(16)19)26(22,23)14-7-5-13(24-2)6-8-14/h4-10H,3,11H2,1-2H3. The molecule has 0 heterocycles. The maximum Gasteiger partial charge on any atom is 0.326 e. The first-order chi connectivity index (χ1) is 12.3. The fourth-order valence-corrected chi connectivity index (χ4v) is 3.60. The highest BCUT2D eigenvalue weighted by Crippen LogP contribution is 2.27. The van der Waals surface area contributed by atoms with Crippen LogP contribution >= 0.6 is 0 Å². The summed E-state index contributed by atoms with van der Waals surface area (Å²) in [5.74, 6) is -2.43. The number of esters is 1. The van der Waals surface area contributed by atoms with Gasteiger partial charge in [-0.1, -0.05) is 0 Å². The summed E-state index contributed by atoms with van der Waals surface area (Å²) in [4.78, 5) is 11.7. The number of anilines is 1. The normalized spacial score (nSPS) is 11.1. The number of halogens is 2. The van der Waals surface area contributed by atoms with Crippen molar-refractivity contribution in [1.82, 2.24) is 0 Å². The van der Waals surface area contributed by atoms with Crippen LogP contribution in [0.4, 0.5) is 14.5 Å². The predicted molar refractivity (Wildman–Crippen MR) is 90.5 cm³/mol. The monoisotopic (exact) mass is 385 g/mol. The summed E-state index contributed by atoms with van der Waals surface area (Å²) in [6.45, 7) is 0.824. The molecule has 6 nitrogen and oxygen atoms in total. The summed E-state index contributed by atoms with van der Waals surface area (Å²) in [7, 11) is -2.89. The second-order valence-electron chi connectivity index (χ2n) is 5.09. The van der Waals surface area contributed by atoms with Crippen molar-refractivity contribution in [3.8, 4) is 5.75 Å². The van der Waals surface area contributed by atoms with Gasteiger partial charge in [-0.3, -0.25) is 9.10 Å². The molecule has 2 aromatic carbocycles. The second kappa shape index (κ2) is 8.13. The van der Waals surface area contributed by atoms with Gasteiger partial charge in [0.25, 0.3) is 10.0 Å². The number of methoxy groups -OCH3 is 1. The largest absolute Gasteiger partial charge is 0.497 e. The van der Waals surface area contributed by atoms with E-state index in [1.807, 2.05) is 0 Å². The lowest BCUT2D eigenvalue weighted by Crippen LogP contribution is -2.37. The van der Waals surface area contributed by atoms with Gasteiger partial charge in [0.05, 0.1) is 24.3 Å². The number of nitrogens with zero attached hydrogens (tertiary/aromatic N) is 1. The fourth-order valence-electron chi connectivity index (χ4n) is 2.18. The quantitative estimate of drug-likeness (QED) is 0.686. The molecule has 0 aromatic heterocycles. The molecule has 0 aliphatic heterocycles. The van der Waals surface area contributed by atoms with Gasteiger partial charge in [0.1, 0.15) is 23.9 Å². The molecule has 0 aliphatic carbocycles. The SMILES string of the molecule is CCOC(=O)CN(c1ccc(F)cc1F)S(=O)(=O)c1ccc(OC)cc1. The number of hydrogen-bond acceptors (Lipinski definition) is 5. The van der Waals surface area contributed by atoms with Crippen LogP contribution in [0.15, 0.2) is 47.4 Å². The molecule has 0 fully saturated rings. The van der Waals surface area contributed by atoms with Crippen molar-refractivity contribution in [2.24, 2.45) is 0 Å². The third-order valence-corrected chi connectivity index (χ3v) is 5.18. The first-order valence-corrected chi connectivity index (χ1v) is 9.01. The van der Waals surface area contributed by atoms with Gasteiger partial charge in [0.15, 0.2) is 0 Å². The lowest BCUT2D eigenvalue weighted by molar-refractivity contribution is -0.141. The maximum absolute atomic E-state index is 14.2. The van der Waals surface area contributed by atoms with Crippen LogP contribution in [0.25, 0.3) is 0 Å². The summed E-state index contributed by atoms with van der Waals surface area (Å²) in [6.07, 6.45) is 0. The van der Waals surface area contributed by atoms with E-state index in [-0.39, 0.29) is 11.5 Å². The Bertz CT molecular complexity index is 885. The molecule has 2 rings (SSSR count). The van der Waals surface area contributed by atoms with Crippen LogP contribution in [0.2, 0.25) is 0 Å². The Balaban J connectivity index is 2.51. The Labute approximate surface area is 150 Å². The van der Waals surface area contributed by atoms with E-state index in [4.69, 9.17) is 9.47 Å². The molecular weight excluding hydrogens is 368 g/mol. The molecule has 0 atom stereocenters. The Morgan fingerprint density at radius 2 is 1.77 bits per heavy atom. The molecule has 9 heteroatoms. The third kappa shape index (κ3) is 4.29. The van der Waals surface area contributed by atoms with Gasteiger partial charge in [0, 0.05) is 6.07 Å². The Kier molecular flexibility index (Phi) is 6.14. The smallest absolute Gasteiger partial charge is 0.326 e. The van der Waals surface area contributed by atoms with Crippen molar-refractivity contribution in [2.75, 3.05) is 24.6 Å². The fraction of sp³-hybridized carbons (Fsp3) is 0.235. The zero-order valence-electron chi connectivity index (χ0n) is 14.1. The molecule has 0 saturated heterocycles. The van der Waals surface area contributed by atoms with E-state index in [0.717, 1.165) is 12.1 Å². The average molecular weight is 385 g/mol. The number of sulfonamides is 1. The average Bonchev–Trinajstić information content (AvgIpc) is 2.60. The van der Waals surface area contributed by atoms with Gasteiger partial charge in [-0.15, -0.1) is 0 Å². The zero-order valence-corrected chi connectivity index (χ0v) is 14.9. The van der Waals surface area contributed by atoms with Crippen LogP contribution in [0.3, 0.4) is 0 Å². The second-order valence-corrected chi connectivity index (χ2v) is 6.95. The maximum atomic E-state index is 14.2. The molecule has 2 aromatic rings. The van der Waals surface area contributed by atoms with Crippen LogP contribution in [0.5, 0.6) is 5.75 Å². The number of hydrogen-bond donors (Lipinski definition) is 0. The number of benzene rings is 2. The summed E-state index contributed by atoms with van der Waals surface area (Å²) in [5, 5.41) is 0. The van der Waals surface area contributed by atoms with E-state index in [2.05, 4.69) is 0 Å². The van der Waals surface area contributed by atoms with E-state index in [1.54, 1.807) is 6.92 Å². The molecule has 0 bridgehead atoms. The highest BCUT2D eigenvalue weighted by Gasteiger charge is 2.30. The van der Waals surface area contributed by atoms with Crippen molar-refractivity contribution in [1.29, 1.82) is 0 Å². The summed E-state index contributed by atoms with van der Waals surface area (Å²) >= 11 is 0. The topological polar surface area (TPSA) is 72.9 Å². The summed E-state index contributed by atoms with van der Waals surface area (Å²) in [6, 6.07) is 7.73. The van der Waals surface area contributed by atoms with Crippen LogP contribution in [0.1, 0.15) is 6.92 Å². The Hall–Kier alpha value is -2.68. The zero-order chi connectivity index (χ0) is 19.3. The van der Waals surface area contributed by atoms with E-state index in [0.29, 0.717) is 16.1 Å². The first-order valence-electron chi connectivity index (χ1n) is 7.57. The molecule has 0 amide bonds. The number of carbonyl (C=O) groups is 1. The Morgan fingerprint density at radius 3 is 2.31 bits per heavy atom. The van der Waals surface area contributed by atoms with Gasteiger partial charge >= 0.3 is 5.97 Å². The highest BCUT2D eigenvalue weighted by molar-refractivity contribution is 7.92. The van der Waals surface area contributed by atoms with E-state index in [1.165, 1.54) is 31.4 Å². The first kappa shape index (κ1) is 19.6. The molecular formula is C17H17F2NO5S.